The summed E-state index contributed by atoms with van der Waals surface area (Å²) in [5.74, 6) is 0.929. The zero-order chi connectivity index (χ0) is 11.5. The van der Waals surface area contributed by atoms with Crippen LogP contribution in [0, 0.1) is 6.92 Å². The maximum Gasteiger partial charge on any atom is 0.125 e. The van der Waals surface area contributed by atoms with Gasteiger partial charge in [0.15, 0.2) is 0 Å². The quantitative estimate of drug-likeness (QED) is 0.831. The van der Waals surface area contributed by atoms with Crippen LogP contribution in [0.25, 0.3) is 0 Å². The number of nitrogens with two attached hydrogens (primary N) is 1. The van der Waals surface area contributed by atoms with E-state index in [0.717, 1.165) is 21.5 Å². The number of nitrogen functional groups attached to an aromatic ring is 1. The number of rotatable bonds is 2. The molecule has 1 aliphatic carbocycles. The smallest absolute Gasteiger partial charge is 0.125 e. The second-order valence-electron chi connectivity index (χ2n) is 4.50. The van der Waals surface area contributed by atoms with E-state index >= 15 is 0 Å². The van der Waals surface area contributed by atoms with E-state index in [2.05, 4.69) is 15.9 Å². The summed E-state index contributed by atoms with van der Waals surface area (Å²) in [6, 6.07) is 3.93. The average molecular weight is 284 g/mol. The molecule has 88 valence electrons. The molecule has 0 amide bonds. The summed E-state index contributed by atoms with van der Waals surface area (Å²) < 4.78 is 7.03. The van der Waals surface area contributed by atoms with Gasteiger partial charge < -0.3 is 10.5 Å². The summed E-state index contributed by atoms with van der Waals surface area (Å²) in [6.07, 6.45) is 6.64. The average Bonchev–Trinajstić information content (AvgIpc) is 2.27. The predicted molar refractivity (Wildman–Crippen MR) is 70.8 cm³/mol. The first kappa shape index (κ1) is 11.8. The highest BCUT2D eigenvalue weighted by Crippen LogP contribution is 2.31. The van der Waals surface area contributed by atoms with Crippen molar-refractivity contribution in [1.29, 1.82) is 0 Å². The Hall–Kier alpha value is -0.700. The highest BCUT2D eigenvalue weighted by Gasteiger charge is 2.16. The first-order valence-electron chi connectivity index (χ1n) is 5.89. The van der Waals surface area contributed by atoms with E-state index in [9.17, 15) is 0 Å². The Morgan fingerprint density at radius 1 is 1.25 bits per heavy atom. The lowest BCUT2D eigenvalue weighted by Gasteiger charge is -2.24. The summed E-state index contributed by atoms with van der Waals surface area (Å²) in [6.45, 7) is 2.01. The number of ether oxygens (including phenoxy) is 1. The molecule has 0 unspecified atom stereocenters. The van der Waals surface area contributed by atoms with Gasteiger partial charge in [-0.3, -0.25) is 0 Å². The molecule has 1 aromatic carbocycles. The summed E-state index contributed by atoms with van der Waals surface area (Å²) in [4.78, 5) is 0. The third kappa shape index (κ3) is 2.70. The number of hydrogen-bond acceptors (Lipinski definition) is 2. The molecule has 0 saturated heterocycles. The van der Waals surface area contributed by atoms with Crippen molar-refractivity contribution in [1.82, 2.24) is 0 Å². The van der Waals surface area contributed by atoms with E-state index in [1.807, 2.05) is 19.1 Å². The molecule has 1 saturated carbocycles. The van der Waals surface area contributed by atoms with Gasteiger partial charge in [-0.05, 0) is 44.7 Å². The van der Waals surface area contributed by atoms with Crippen LogP contribution in [-0.4, -0.2) is 6.10 Å². The van der Waals surface area contributed by atoms with Crippen LogP contribution in [0.2, 0.25) is 0 Å². The lowest BCUT2D eigenvalue weighted by molar-refractivity contribution is 0.154. The van der Waals surface area contributed by atoms with Crippen molar-refractivity contribution in [2.75, 3.05) is 5.73 Å². The number of anilines is 1. The molecular formula is C13H18BrNO. The van der Waals surface area contributed by atoms with E-state index in [1.54, 1.807) is 0 Å². The van der Waals surface area contributed by atoms with Crippen LogP contribution in [0.5, 0.6) is 5.75 Å². The van der Waals surface area contributed by atoms with Crippen molar-refractivity contribution in [3.05, 3.63) is 22.2 Å². The molecule has 0 aromatic heterocycles. The van der Waals surface area contributed by atoms with Gasteiger partial charge in [0.1, 0.15) is 5.75 Å². The van der Waals surface area contributed by atoms with Crippen LogP contribution in [0.15, 0.2) is 16.6 Å². The molecule has 0 bridgehead atoms. The zero-order valence-corrected chi connectivity index (χ0v) is 11.2. The number of halogens is 1. The first-order chi connectivity index (χ1) is 7.66. The molecule has 2 rings (SSSR count). The molecule has 0 atom stereocenters. The van der Waals surface area contributed by atoms with Crippen LogP contribution in [-0.2, 0) is 0 Å². The van der Waals surface area contributed by atoms with Crippen molar-refractivity contribution in [2.24, 2.45) is 0 Å². The normalized spacial score (nSPS) is 17.4. The number of benzene rings is 1. The van der Waals surface area contributed by atoms with Crippen molar-refractivity contribution < 1.29 is 4.74 Å². The maximum atomic E-state index is 6.04. The molecule has 1 fully saturated rings. The molecule has 0 aliphatic heterocycles. The first-order valence-corrected chi connectivity index (χ1v) is 6.68. The Balaban J connectivity index is 2.13. The molecule has 16 heavy (non-hydrogen) atoms. The van der Waals surface area contributed by atoms with Crippen LogP contribution in [0.1, 0.15) is 37.7 Å². The van der Waals surface area contributed by atoms with E-state index in [4.69, 9.17) is 10.5 Å². The van der Waals surface area contributed by atoms with E-state index in [0.29, 0.717) is 6.10 Å². The minimum Gasteiger partial charge on any atom is -0.490 e. The highest BCUT2D eigenvalue weighted by atomic mass is 79.9. The van der Waals surface area contributed by atoms with Gasteiger partial charge in [-0.2, -0.15) is 0 Å². The van der Waals surface area contributed by atoms with Gasteiger partial charge in [0.25, 0.3) is 0 Å². The lowest BCUT2D eigenvalue weighted by Crippen LogP contribution is -2.20. The molecule has 1 aromatic rings. The molecule has 0 spiro atoms. The number of hydrogen-bond donors (Lipinski definition) is 1. The van der Waals surface area contributed by atoms with Gasteiger partial charge in [-0.25, -0.2) is 0 Å². The Morgan fingerprint density at radius 3 is 2.62 bits per heavy atom. The fraction of sp³-hybridized carbons (Fsp3) is 0.538. The third-order valence-electron chi connectivity index (χ3n) is 3.21. The molecule has 3 heteroatoms. The maximum absolute atomic E-state index is 6.04. The second-order valence-corrected chi connectivity index (χ2v) is 5.41. The van der Waals surface area contributed by atoms with E-state index in [1.165, 1.54) is 32.1 Å². The van der Waals surface area contributed by atoms with Crippen molar-refractivity contribution >= 4 is 21.6 Å². The van der Waals surface area contributed by atoms with Crippen LogP contribution >= 0.6 is 15.9 Å². The van der Waals surface area contributed by atoms with Gasteiger partial charge in [0, 0.05) is 15.7 Å². The SMILES string of the molecule is Cc1c(N)cc(Br)cc1OC1CCCCC1. The Morgan fingerprint density at radius 2 is 1.94 bits per heavy atom. The molecule has 0 heterocycles. The zero-order valence-electron chi connectivity index (χ0n) is 9.63. The summed E-state index contributed by atoms with van der Waals surface area (Å²) >= 11 is 3.45. The monoisotopic (exact) mass is 283 g/mol. The topological polar surface area (TPSA) is 35.2 Å². The standard InChI is InChI=1S/C13H18BrNO/c1-9-12(15)7-10(14)8-13(9)16-11-5-3-2-4-6-11/h7-8,11H,2-6,15H2,1H3. The van der Waals surface area contributed by atoms with Crippen LogP contribution in [0.4, 0.5) is 5.69 Å². The summed E-state index contributed by atoms with van der Waals surface area (Å²) in [5, 5.41) is 0. The molecule has 0 radical (unpaired) electrons. The second kappa shape index (κ2) is 5.09. The van der Waals surface area contributed by atoms with Gasteiger partial charge in [-0.1, -0.05) is 22.4 Å². The fourth-order valence-corrected chi connectivity index (χ4v) is 2.61. The largest absolute Gasteiger partial charge is 0.490 e. The van der Waals surface area contributed by atoms with Crippen LogP contribution < -0.4 is 10.5 Å². The minimum absolute atomic E-state index is 0.376. The van der Waals surface area contributed by atoms with Crippen molar-refractivity contribution in [3.63, 3.8) is 0 Å². The molecule has 2 N–H and O–H groups in total. The third-order valence-corrected chi connectivity index (χ3v) is 3.67. The Labute approximate surface area is 105 Å². The fourth-order valence-electron chi connectivity index (χ4n) is 2.16. The Kier molecular flexibility index (Phi) is 3.74. The highest BCUT2D eigenvalue weighted by molar-refractivity contribution is 9.10. The van der Waals surface area contributed by atoms with Crippen molar-refractivity contribution in [2.45, 2.75) is 45.1 Å². The van der Waals surface area contributed by atoms with Crippen LogP contribution in [0.3, 0.4) is 0 Å². The minimum atomic E-state index is 0.376. The van der Waals surface area contributed by atoms with Crippen molar-refractivity contribution in [3.8, 4) is 5.75 Å². The van der Waals surface area contributed by atoms with Gasteiger partial charge >= 0.3 is 0 Å². The summed E-state index contributed by atoms with van der Waals surface area (Å²) in [7, 11) is 0. The molecular weight excluding hydrogens is 266 g/mol. The van der Waals surface area contributed by atoms with E-state index in [-0.39, 0.29) is 0 Å². The van der Waals surface area contributed by atoms with Gasteiger partial charge in [0.2, 0.25) is 0 Å². The predicted octanol–water partition coefficient (Wildman–Crippen LogP) is 4.05. The van der Waals surface area contributed by atoms with Gasteiger partial charge in [-0.15, -0.1) is 0 Å². The Bertz CT molecular complexity index is 372. The lowest BCUT2D eigenvalue weighted by atomic mass is 9.97. The molecule has 2 nitrogen and oxygen atoms in total. The van der Waals surface area contributed by atoms with E-state index < -0.39 is 0 Å². The summed E-state index contributed by atoms with van der Waals surface area (Å²) in [5.41, 5.74) is 7.76. The molecule has 1 aliphatic rings. The van der Waals surface area contributed by atoms with Gasteiger partial charge in [0.05, 0.1) is 6.10 Å².